The molecule has 0 amide bonds. The van der Waals surface area contributed by atoms with Crippen molar-refractivity contribution in [3.63, 3.8) is 0 Å². The second kappa shape index (κ2) is 14.9. The van der Waals surface area contributed by atoms with E-state index in [-0.39, 0.29) is 6.67 Å². The quantitative estimate of drug-likeness (QED) is 0.417. The fraction of sp³-hybridized carbons (Fsp3) is 0.929. The summed E-state index contributed by atoms with van der Waals surface area (Å²) in [6, 6.07) is 0. The molecule has 16 heavy (non-hydrogen) atoms. The number of hydrogen-bond acceptors (Lipinski definition) is 1. The third-order valence-corrected chi connectivity index (χ3v) is 2.71. The number of hydrogen-bond donors (Lipinski definition) is 0. The normalized spacial score (nSPS) is 10.9. The van der Waals surface area contributed by atoms with E-state index in [0.717, 1.165) is 19.4 Å². The minimum absolute atomic E-state index is 0.257. The summed E-state index contributed by atoms with van der Waals surface area (Å²) in [5.41, 5.74) is 0. The molecule has 0 fully saturated rings. The van der Waals surface area contributed by atoms with Gasteiger partial charge in [-0.1, -0.05) is 58.3 Å². The number of ether oxygens (including phenoxy) is 1. The molecule has 0 aliphatic carbocycles. The molecule has 0 N–H and O–H groups in total. The van der Waals surface area contributed by atoms with Gasteiger partial charge in [0.25, 0.3) is 0 Å². The van der Waals surface area contributed by atoms with Gasteiger partial charge in [-0.25, -0.2) is 0 Å². The van der Waals surface area contributed by atoms with Crippen LogP contribution >= 0.6 is 0 Å². The van der Waals surface area contributed by atoms with E-state index >= 15 is 0 Å². The van der Waals surface area contributed by atoms with E-state index in [4.69, 9.17) is 4.74 Å². The van der Waals surface area contributed by atoms with Gasteiger partial charge in [-0.2, -0.15) is 0 Å². The fourth-order valence-electron chi connectivity index (χ4n) is 1.70. The Morgan fingerprint density at radius 1 is 0.688 bits per heavy atom. The summed E-state index contributed by atoms with van der Waals surface area (Å²) in [5.74, 6) is 0. The zero-order chi connectivity index (χ0) is 11.9. The summed E-state index contributed by atoms with van der Waals surface area (Å²) < 4.78 is 17.0. The van der Waals surface area contributed by atoms with Gasteiger partial charge in [-0.05, 0) is 12.8 Å². The maximum atomic E-state index is 11.7. The molecule has 97 valence electrons. The molecule has 0 bridgehead atoms. The smallest absolute Gasteiger partial charge is 0.0916 e. The van der Waals surface area contributed by atoms with Crippen molar-refractivity contribution in [1.29, 1.82) is 0 Å². The first-order valence-corrected chi connectivity index (χ1v) is 6.84. The summed E-state index contributed by atoms with van der Waals surface area (Å²) in [7, 11) is 0. The Balaban J connectivity index is 2.83. The summed E-state index contributed by atoms with van der Waals surface area (Å²) in [6.07, 6.45) is 12.0. The van der Waals surface area contributed by atoms with Crippen molar-refractivity contribution in [2.45, 2.75) is 64.2 Å². The summed E-state index contributed by atoms with van der Waals surface area (Å²) in [5, 5.41) is 0. The van der Waals surface area contributed by atoms with Crippen LogP contribution < -0.4 is 0 Å². The highest BCUT2D eigenvalue weighted by molar-refractivity contribution is 4.48. The van der Waals surface area contributed by atoms with Crippen LogP contribution in [0.15, 0.2) is 0 Å². The van der Waals surface area contributed by atoms with Crippen molar-refractivity contribution in [2.75, 3.05) is 19.9 Å². The second-order valence-electron chi connectivity index (χ2n) is 4.34. The maximum absolute atomic E-state index is 11.7. The average molecular weight is 231 g/mol. The first-order valence-electron chi connectivity index (χ1n) is 6.84. The lowest BCUT2D eigenvalue weighted by molar-refractivity contribution is 0.122. The third-order valence-electron chi connectivity index (χ3n) is 2.71. The summed E-state index contributed by atoms with van der Waals surface area (Å²) in [4.78, 5) is 0. The largest absolute Gasteiger partial charge is 0.381 e. The molecule has 0 heterocycles. The van der Waals surface area contributed by atoms with E-state index in [1.54, 1.807) is 0 Å². The first kappa shape index (κ1) is 15.9. The van der Waals surface area contributed by atoms with Crippen LogP contribution in [0.5, 0.6) is 0 Å². The molecule has 1 radical (unpaired) electrons. The van der Waals surface area contributed by atoms with Crippen LogP contribution in [0.25, 0.3) is 0 Å². The number of halogens is 1. The monoisotopic (exact) mass is 231 g/mol. The summed E-state index contributed by atoms with van der Waals surface area (Å²) in [6.45, 7) is 4.97. The van der Waals surface area contributed by atoms with Gasteiger partial charge in [0.15, 0.2) is 0 Å². The minimum atomic E-state index is -0.257. The molecule has 0 saturated heterocycles. The lowest BCUT2D eigenvalue weighted by atomic mass is 10.1. The highest BCUT2D eigenvalue weighted by atomic mass is 19.1. The van der Waals surface area contributed by atoms with Crippen molar-refractivity contribution in [2.24, 2.45) is 0 Å². The zero-order valence-electron chi connectivity index (χ0n) is 10.7. The first-order chi connectivity index (χ1) is 7.91. The standard InChI is InChI=1S/C14H28FO/c1-2-3-4-5-6-7-8-9-10-13-16-14-11-12-15/h1-14H2. The van der Waals surface area contributed by atoms with Crippen LogP contribution in [0, 0.1) is 6.92 Å². The lowest BCUT2D eigenvalue weighted by Gasteiger charge is -2.03. The molecule has 0 aromatic carbocycles. The molecule has 0 atom stereocenters. The van der Waals surface area contributed by atoms with Gasteiger partial charge in [-0.3, -0.25) is 4.39 Å². The number of alkyl halides is 1. The molecule has 0 spiro atoms. The average Bonchev–Trinajstić information content (AvgIpc) is 2.31. The lowest BCUT2D eigenvalue weighted by Crippen LogP contribution is -1.97. The molecule has 1 nitrogen and oxygen atoms in total. The van der Waals surface area contributed by atoms with Crippen molar-refractivity contribution in [3.8, 4) is 0 Å². The van der Waals surface area contributed by atoms with Crippen molar-refractivity contribution in [3.05, 3.63) is 6.92 Å². The van der Waals surface area contributed by atoms with Gasteiger partial charge in [0.1, 0.15) is 0 Å². The molecule has 0 aromatic heterocycles. The third kappa shape index (κ3) is 13.9. The zero-order valence-corrected chi connectivity index (χ0v) is 10.7. The molecular formula is C14H28FO. The van der Waals surface area contributed by atoms with E-state index in [9.17, 15) is 4.39 Å². The maximum Gasteiger partial charge on any atom is 0.0916 e. The predicted octanol–water partition coefficient (Wildman–Crippen LogP) is 4.71. The molecule has 0 rings (SSSR count). The highest BCUT2D eigenvalue weighted by Gasteiger charge is 1.92. The van der Waals surface area contributed by atoms with Gasteiger partial charge in [0.2, 0.25) is 0 Å². The van der Waals surface area contributed by atoms with E-state index in [1.807, 2.05) is 0 Å². The molecule has 0 saturated carbocycles. The minimum Gasteiger partial charge on any atom is -0.381 e. The van der Waals surface area contributed by atoms with Crippen LogP contribution in [0.1, 0.15) is 64.2 Å². The van der Waals surface area contributed by atoms with Gasteiger partial charge >= 0.3 is 0 Å². The topological polar surface area (TPSA) is 9.23 Å². The Morgan fingerprint density at radius 3 is 1.75 bits per heavy atom. The van der Waals surface area contributed by atoms with Crippen LogP contribution in [-0.4, -0.2) is 19.9 Å². The number of unbranched alkanes of at least 4 members (excludes halogenated alkanes) is 8. The fourth-order valence-corrected chi connectivity index (χ4v) is 1.70. The Bertz CT molecular complexity index is 103. The van der Waals surface area contributed by atoms with E-state index in [2.05, 4.69) is 6.92 Å². The highest BCUT2D eigenvalue weighted by Crippen LogP contribution is 2.09. The molecule has 0 aliphatic heterocycles. The molecule has 0 aliphatic rings. The Kier molecular flexibility index (Phi) is 14.8. The van der Waals surface area contributed by atoms with Crippen molar-refractivity contribution >= 4 is 0 Å². The Morgan fingerprint density at radius 2 is 1.19 bits per heavy atom. The van der Waals surface area contributed by atoms with Gasteiger partial charge < -0.3 is 4.74 Å². The van der Waals surface area contributed by atoms with Gasteiger partial charge in [0, 0.05) is 13.2 Å². The van der Waals surface area contributed by atoms with Gasteiger partial charge in [0.05, 0.1) is 6.67 Å². The molecular weight excluding hydrogens is 203 g/mol. The van der Waals surface area contributed by atoms with Crippen molar-refractivity contribution < 1.29 is 9.13 Å². The summed E-state index contributed by atoms with van der Waals surface area (Å²) >= 11 is 0. The van der Waals surface area contributed by atoms with E-state index < -0.39 is 0 Å². The Hall–Kier alpha value is -0.110. The van der Waals surface area contributed by atoms with Crippen LogP contribution in [0.2, 0.25) is 0 Å². The Labute approximate surface area is 101 Å². The van der Waals surface area contributed by atoms with Crippen LogP contribution in [0.3, 0.4) is 0 Å². The number of rotatable bonds is 13. The van der Waals surface area contributed by atoms with E-state index in [0.29, 0.717) is 13.0 Å². The van der Waals surface area contributed by atoms with Gasteiger partial charge in [-0.15, -0.1) is 0 Å². The second-order valence-corrected chi connectivity index (χ2v) is 4.34. The molecule has 2 heteroatoms. The SMILES string of the molecule is [CH2]CCCCCCCCCCOCCCF. The molecule has 0 unspecified atom stereocenters. The molecule has 0 aromatic rings. The van der Waals surface area contributed by atoms with Crippen LogP contribution in [-0.2, 0) is 4.74 Å². The van der Waals surface area contributed by atoms with E-state index in [1.165, 1.54) is 44.9 Å². The van der Waals surface area contributed by atoms with Crippen LogP contribution in [0.4, 0.5) is 4.39 Å². The predicted molar refractivity (Wildman–Crippen MR) is 68.3 cm³/mol. The van der Waals surface area contributed by atoms with Crippen molar-refractivity contribution in [1.82, 2.24) is 0 Å².